The molecule has 106 valence electrons. The van der Waals surface area contributed by atoms with E-state index in [1.165, 1.54) is 6.07 Å². The first kappa shape index (κ1) is 14.6. The predicted octanol–water partition coefficient (Wildman–Crippen LogP) is 3.99. The van der Waals surface area contributed by atoms with Crippen molar-refractivity contribution in [1.82, 2.24) is 4.98 Å². The van der Waals surface area contributed by atoms with Gasteiger partial charge in [0.1, 0.15) is 9.88 Å². The molecule has 0 unspecified atom stereocenters. The minimum atomic E-state index is -1.05. The fourth-order valence-electron chi connectivity index (χ4n) is 1.80. The SMILES string of the molecule is CC(C)Cc1nc(-c2ccc(F)c(F)c2)sc1C(=O)O. The van der Waals surface area contributed by atoms with Gasteiger partial charge < -0.3 is 5.11 Å². The minimum absolute atomic E-state index is 0.151. The topological polar surface area (TPSA) is 50.2 Å². The first-order chi connectivity index (χ1) is 9.38. The van der Waals surface area contributed by atoms with Crippen LogP contribution >= 0.6 is 11.3 Å². The smallest absolute Gasteiger partial charge is 0.347 e. The number of carboxylic acids is 1. The molecule has 1 aromatic heterocycles. The van der Waals surface area contributed by atoms with Gasteiger partial charge >= 0.3 is 5.97 Å². The van der Waals surface area contributed by atoms with E-state index in [9.17, 15) is 18.7 Å². The maximum absolute atomic E-state index is 13.2. The van der Waals surface area contributed by atoms with E-state index < -0.39 is 17.6 Å². The van der Waals surface area contributed by atoms with Crippen LogP contribution in [0.15, 0.2) is 18.2 Å². The van der Waals surface area contributed by atoms with Crippen molar-refractivity contribution in [1.29, 1.82) is 0 Å². The van der Waals surface area contributed by atoms with Crippen molar-refractivity contribution in [2.24, 2.45) is 5.92 Å². The van der Waals surface area contributed by atoms with Crippen molar-refractivity contribution in [3.05, 3.63) is 40.4 Å². The van der Waals surface area contributed by atoms with Gasteiger partial charge in [0.25, 0.3) is 0 Å². The van der Waals surface area contributed by atoms with Gasteiger partial charge in [0.05, 0.1) is 5.69 Å². The number of rotatable bonds is 4. The van der Waals surface area contributed by atoms with Gasteiger partial charge in [0.15, 0.2) is 11.6 Å². The van der Waals surface area contributed by atoms with Gasteiger partial charge in [0, 0.05) is 5.56 Å². The third kappa shape index (κ3) is 3.01. The molecule has 0 radical (unpaired) electrons. The molecule has 0 saturated carbocycles. The van der Waals surface area contributed by atoms with Gasteiger partial charge in [-0.05, 0) is 30.5 Å². The number of carbonyl (C=O) groups is 1. The Morgan fingerprint density at radius 2 is 2.05 bits per heavy atom. The molecular formula is C14H13F2NO2S. The molecule has 0 aliphatic carbocycles. The van der Waals surface area contributed by atoms with Crippen LogP contribution in [0.1, 0.15) is 29.2 Å². The normalized spacial score (nSPS) is 11.1. The lowest BCUT2D eigenvalue weighted by Gasteiger charge is -2.01. The number of hydrogen-bond acceptors (Lipinski definition) is 3. The molecule has 0 amide bonds. The van der Waals surface area contributed by atoms with Crippen LogP contribution in [-0.4, -0.2) is 16.1 Å². The molecule has 0 fully saturated rings. The largest absolute Gasteiger partial charge is 0.477 e. The molecule has 1 aromatic carbocycles. The van der Waals surface area contributed by atoms with Crippen molar-refractivity contribution >= 4 is 17.3 Å². The second kappa shape index (κ2) is 5.66. The highest BCUT2D eigenvalue weighted by atomic mass is 32.1. The molecule has 1 heterocycles. The lowest BCUT2D eigenvalue weighted by atomic mass is 10.1. The Morgan fingerprint density at radius 1 is 1.35 bits per heavy atom. The van der Waals surface area contributed by atoms with Gasteiger partial charge in [-0.1, -0.05) is 13.8 Å². The molecule has 0 atom stereocenters. The van der Waals surface area contributed by atoms with Gasteiger partial charge in [-0.15, -0.1) is 11.3 Å². The molecule has 0 aliphatic heterocycles. The van der Waals surface area contributed by atoms with E-state index in [1.54, 1.807) is 0 Å². The van der Waals surface area contributed by atoms with Crippen LogP contribution in [0.4, 0.5) is 8.78 Å². The molecule has 20 heavy (non-hydrogen) atoms. The molecule has 3 nitrogen and oxygen atoms in total. The lowest BCUT2D eigenvalue weighted by Crippen LogP contribution is -2.02. The van der Waals surface area contributed by atoms with Gasteiger partial charge in [-0.2, -0.15) is 0 Å². The number of aromatic nitrogens is 1. The highest BCUT2D eigenvalue weighted by Crippen LogP contribution is 2.30. The molecule has 6 heteroatoms. The van der Waals surface area contributed by atoms with Gasteiger partial charge in [0.2, 0.25) is 0 Å². The number of thiazole rings is 1. The summed E-state index contributed by atoms with van der Waals surface area (Å²) in [6.07, 6.45) is 0.530. The standard InChI is InChI=1S/C14H13F2NO2S/c1-7(2)5-11-12(14(18)19)20-13(17-11)8-3-4-9(15)10(16)6-8/h3-4,6-7H,5H2,1-2H3,(H,18,19). The maximum atomic E-state index is 13.2. The number of benzene rings is 1. The third-order valence-corrected chi connectivity index (χ3v) is 3.79. The number of carboxylic acid groups (broad SMARTS) is 1. The van der Waals surface area contributed by atoms with Crippen molar-refractivity contribution in [3.63, 3.8) is 0 Å². The highest BCUT2D eigenvalue weighted by Gasteiger charge is 2.19. The fraction of sp³-hybridized carbons (Fsp3) is 0.286. The van der Waals surface area contributed by atoms with Crippen LogP contribution < -0.4 is 0 Å². The zero-order valence-electron chi connectivity index (χ0n) is 11.0. The van der Waals surface area contributed by atoms with Crippen LogP contribution in [0.3, 0.4) is 0 Å². The van der Waals surface area contributed by atoms with Crippen LogP contribution in [-0.2, 0) is 6.42 Å². The minimum Gasteiger partial charge on any atom is -0.477 e. The summed E-state index contributed by atoms with van der Waals surface area (Å²) in [5.41, 5.74) is 0.864. The first-order valence-electron chi connectivity index (χ1n) is 6.07. The summed E-state index contributed by atoms with van der Waals surface area (Å²) in [4.78, 5) is 15.6. The monoisotopic (exact) mass is 297 g/mol. The number of aromatic carboxylic acids is 1. The van der Waals surface area contributed by atoms with Crippen LogP contribution in [0, 0.1) is 17.6 Å². The summed E-state index contributed by atoms with van der Waals surface area (Å²) in [6, 6.07) is 3.43. The molecule has 2 rings (SSSR count). The summed E-state index contributed by atoms with van der Waals surface area (Å²) in [5, 5.41) is 9.56. The first-order valence-corrected chi connectivity index (χ1v) is 6.88. The van der Waals surface area contributed by atoms with Crippen LogP contribution in [0.25, 0.3) is 10.6 Å². The summed E-state index contributed by atoms with van der Waals surface area (Å²) >= 11 is 0.977. The van der Waals surface area contributed by atoms with Crippen molar-refractivity contribution in [2.75, 3.05) is 0 Å². The average molecular weight is 297 g/mol. The quantitative estimate of drug-likeness (QED) is 0.928. The van der Waals surface area contributed by atoms with Crippen molar-refractivity contribution in [3.8, 4) is 10.6 Å². The predicted molar refractivity (Wildman–Crippen MR) is 73.0 cm³/mol. The number of hydrogen-bond donors (Lipinski definition) is 1. The van der Waals surface area contributed by atoms with E-state index in [2.05, 4.69) is 4.98 Å². The molecule has 0 bridgehead atoms. The third-order valence-electron chi connectivity index (χ3n) is 2.66. The van der Waals surface area contributed by atoms with Crippen molar-refractivity contribution < 1.29 is 18.7 Å². The van der Waals surface area contributed by atoms with E-state index in [0.717, 1.165) is 23.5 Å². The van der Waals surface area contributed by atoms with E-state index >= 15 is 0 Å². The summed E-state index contributed by atoms with van der Waals surface area (Å²) < 4.78 is 26.1. The van der Waals surface area contributed by atoms with E-state index in [0.29, 0.717) is 22.7 Å². The Hall–Kier alpha value is -1.82. The zero-order chi connectivity index (χ0) is 14.9. The second-order valence-electron chi connectivity index (χ2n) is 4.83. The molecular weight excluding hydrogens is 284 g/mol. The number of nitrogens with zero attached hydrogens (tertiary/aromatic N) is 1. The maximum Gasteiger partial charge on any atom is 0.347 e. The lowest BCUT2D eigenvalue weighted by molar-refractivity contribution is 0.0700. The average Bonchev–Trinajstić information content (AvgIpc) is 2.76. The van der Waals surface area contributed by atoms with E-state index in [4.69, 9.17) is 0 Å². The Bertz CT molecular complexity index is 653. The molecule has 0 saturated heterocycles. The van der Waals surface area contributed by atoms with Crippen LogP contribution in [0.2, 0.25) is 0 Å². The van der Waals surface area contributed by atoms with Gasteiger partial charge in [-0.3, -0.25) is 0 Å². The fourth-order valence-corrected chi connectivity index (χ4v) is 2.72. The zero-order valence-corrected chi connectivity index (χ0v) is 11.8. The molecule has 2 aromatic rings. The summed E-state index contributed by atoms with van der Waals surface area (Å²) in [5.74, 6) is -2.70. The summed E-state index contributed by atoms with van der Waals surface area (Å²) in [6.45, 7) is 3.92. The summed E-state index contributed by atoms with van der Waals surface area (Å²) in [7, 11) is 0. The van der Waals surface area contributed by atoms with E-state index in [1.807, 2.05) is 13.8 Å². The van der Waals surface area contributed by atoms with Crippen LogP contribution in [0.5, 0.6) is 0 Å². The van der Waals surface area contributed by atoms with Crippen molar-refractivity contribution in [2.45, 2.75) is 20.3 Å². The Balaban J connectivity index is 2.46. The number of halogens is 2. The second-order valence-corrected chi connectivity index (χ2v) is 5.83. The Kier molecular flexibility index (Phi) is 4.13. The van der Waals surface area contributed by atoms with E-state index in [-0.39, 0.29) is 10.8 Å². The Morgan fingerprint density at radius 3 is 2.60 bits per heavy atom. The Labute approximate surface area is 118 Å². The van der Waals surface area contributed by atoms with Gasteiger partial charge in [-0.25, -0.2) is 18.6 Å². The molecule has 0 aliphatic rings. The molecule has 0 spiro atoms. The highest BCUT2D eigenvalue weighted by molar-refractivity contribution is 7.17. The molecule has 1 N–H and O–H groups in total.